The lowest BCUT2D eigenvalue weighted by Crippen LogP contribution is -2.15. The van der Waals surface area contributed by atoms with Crippen molar-refractivity contribution in [1.29, 1.82) is 0 Å². The number of carbonyl (C=O) groups excluding carboxylic acids is 1. The summed E-state index contributed by atoms with van der Waals surface area (Å²) in [5.74, 6) is 0.571. The maximum absolute atomic E-state index is 12.7. The molecule has 1 aromatic heterocycles. The number of ether oxygens (including phenoxy) is 4. The lowest BCUT2D eigenvalue weighted by Gasteiger charge is -2.20. The maximum atomic E-state index is 12.7. The number of carbonyl (C=O) groups is 1. The van der Waals surface area contributed by atoms with Crippen LogP contribution in [0.25, 0.3) is 0 Å². The molecule has 3 aromatic rings. The number of nitro benzene ring substituents is 1. The second-order valence-electron chi connectivity index (χ2n) is 6.32. The SMILES string of the molecule is O=C(OCc1cc([N+](=O)[O-])cc2c1OCOC2)c1ccccc1Oc1cccnc1. The molecule has 0 amide bonds. The number of nitro groups is 1. The molecule has 152 valence electrons. The fourth-order valence-electron chi connectivity index (χ4n) is 2.97. The van der Waals surface area contributed by atoms with Gasteiger partial charge in [0.25, 0.3) is 5.69 Å². The Morgan fingerprint density at radius 1 is 1.20 bits per heavy atom. The van der Waals surface area contributed by atoms with Gasteiger partial charge < -0.3 is 18.9 Å². The van der Waals surface area contributed by atoms with E-state index in [1.54, 1.807) is 42.6 Å². The zero-order chi connectivity index (χ0) is 20.9. The first-order chi connectivity index (χ1) is 14.6. The maximum Gasteiger partial charge on any atom is 0.342 e. The summed E-state index contributed by atoms with van der Waals surface area (Å²) in [7, 11) is 0. The third kappa shape index (κ3) is 4.20. The van der Waals surface area contributed by atoms with Gasteiger partial charge in [-0.2, -0.15) is 0 Å². The fourth-order valence-corrected chi connectivity index (χ4v) is 2.97. The summed E-state index contributed by atoms with van der Waals surface area (Å²) in [4.78, 5) is 27.4. The Morgan fingerprint density at radius 3 is 2.87 bits per heavy atom. The van der Waals surface area contributed by atoms with Gasteiger partial charge in [0, 0.05) is 29.5 Å². The van der Waals surface area contributed by atoms with Gasteiger partial charge in [-0.1, -0.05) is 12.1 Å². The summed E-state index contributed by atoms with van der Waals surface area (Å²) in [5.41, 5.74) is 1.00. The third-order valence-corrected chi connectivity index (χ3v) is 4.31. The van der Waals surface area contributed by atoms with Crippen molar-refractivity contribution in [2.45, 2.75) is 13.2 Å². The van der Waals surface area contributed by atoms with Crippen LogP contribution in [0.4, 0.5) is 5.69 Å². The van der Waals surface area contributed by atoms with E-state index in [0.717, 1.165) is 0 Å². The van der Waals surface area contributed by atoms with E-state index < -0.39 is 10.9 Å². The van der Waals surface area contributed by atoms with Gasteiger partial charge in [-0.3, -0.25) is 15.1 Å². The normalized spacial score (nSPS) is 12.4. The molecule has 2 heterocycles. The Hall–Kier alpha value is -3.98. The van der Waals surface area contributed by atoms with Gasteiger partial charge in [-0.15, -0.1) is 0 Å². The van der Waals surface area contributed by atoms with Crippen molar-refractivity contribution >= 4 is 11.7 Å². The molecule has 0 saturated heterocycles. The van der Waals surface area contributed by atoms with Gasteiger partial charge in [0.05, 0.1) is 17.7 Å². The molecule has 1 aliphatic heterocycles. The molecule has 2 aromatic carbocycles. The monoisotopic (exact) mass is 408 g/mol. The third-order valence-electron chi connectivity index (χ3n) is 4.31. The molecule has 0 unspecified atom stereocenters. The Bertz CT molecular complexity index is 1090. The predicted octanol–water partition coefficient (Wildman–Crippen LogP) is 4.01. The van der Waals surface area contributed by atoms with Crippen molar-refractivity contribution in [2.75, 3.05) is 6.79 Å². The predicted molar refractivity (Wildman–Crippen MR) is 103 cm³/mol. The van der Waals surface area contributed by atoms with E-state index in [0.29, 0.717) is 28.4 Å². The van der Waals surface area contributed by atoms with Gasteiger partial charge in [-0.25, -0.2) is 4.79 Å². The van der Waals surface area contributed by atoms with Gasteiger partial charge in [0.15, 0.2) is 6.79 Å². The smallest absolute Gasteiger partial charge is 0.342 e. The highest BCUT2D eigenvalue weighted by molar-refractivity contribution is 5.92. The molecule has 30 heavy (non-hydrogen) atoms. The van der Waals surface area contributed by atoms with Crippen LogP contribution in [0.5, 0.6) is 17.2 Å². The Kier molecular flexibility index (Phi) is 5.53. The molecule has 4 rings (SSSR count). The first-order valence-electron chi connectivity index (χ1n) is 8.96. The number of hydrogen-bond acceptors (Lipinski definition) is 8. The number of benzene rings is 2. The van der Waals surface area contributed by atoms with Gasteiger partial charge in [0.2, 0.25) is 0 Å². The standard InChI is InChI=1S/C21H16N2O7/c24-21(18-5-1-2-6-19(18)30-17-4-3-7-22-10-17)28-12-15-9-16(23(25)26)8-14-11-27-13-29-20(14)15/h1-10H,11-13H2. The summed E-state index contributed by atoms with van der Waals surface area (Å²) < 4.78 is 21.8. The number of rotatable bonds is 6. The summed E-state index contributed by atoms with van der Waals surface area (Å²) in [6, 6.07) is 12.8. The van der Waals surface area contributed by atoms with Crippen molar-refractivity contribution in [3.63, 3.8) is 0 Å². The molecule has 0 aliphatic carbocycles. The summed E-state index contributed by atoms with van der Waals surface area (Å²) in [5, 5.41) is 11.2. The van der Waals surface area contributed by atoms with E-state index in [-0.39, 0.29) is 31.3 Å². The van der Waals surface area contributed by atoms with Crippen LogP contribution in [-0.2, 0) is 22.7 Å². The first kappa shape index (κ1) is 19.3. The van der Waals surface area contributed by atoms with Crippen molar-refractivity contribution in [2.24, 2.45) is 0 Å². The zero-order valence-electron chi connectivity index (χ0n) is 15.6. The number of fused-ring (bicyclic) bond motifs is 1. The molecule has 0 spiro atoms. The highest BCUT2D eigenvalue weighted by Crippen LogP contribution is 2.33. The second-order valence-corrected chi connectivity index (χ2v) is 6.32. The lowest BCUT2D eigenvalue weighted by atomic mass is 10.1. The molecular formula is C21H16N2O7. The average molecular weight is 408 g/mol. The molecule has 0 bridgehead atoms. The summed E-state index contributed by atoms with van der Waals surface area (Å²) in [6.45, 7) is -0.00262. The highest BCUT2D eigenvalue weighted by Gasteiger charge is 2.22. The number of non-ortho nitro benzene ring substituents is 1. The number of pyridine rings is 1. The van der Waals surface area contributed by atoms with Crippen LogP contribution in [0.1, 0.15) is 21.5 Å². The fraction of sp³-hybridized carbons (Fsp3) is 0.143. The largest absolute Gasteiger partial charge is 0.467 e. The number of nitrogens with zero attached hydrogens (tertiary/aromatic N) is 2. The molecule has 0 saturated carbocycles. The molecule has 9 nitrogen and oxygen atoms in total. The summed E-state index contributed by atoms with van der Waals surface area (Å²) in [6.07, 6.45) is 3.14. The van der Waals surface area contributed by atoms with E-state index in [2.05, 4.69) is 4.98 Å². The van der Waals surface area contributed by atoms with E-state index in [1.165, 1.54) is 18.3 Å². The van der Waals surface area contributed by atoms with Crippen LogP contribution in [0, 0.1) is 10.1 Å². The zero-order valence-corrected chi connectivity index (χ0v) is 15.6. The quantitative estimate of drug-likeness (QED) is 0.342. The Morgan fingerprint density at radius 2 is 2.07 bits per heavy atom. The minimum atomic E-state index is -0.637. The van der Waals surface area contributed by atoms with Crippen molar-refractivity contribution < 1.29 is 28.7 Å². The average Bonchev–Trinajstić information content (AvgIpc) is 2.78. The topological polar surface area (TPSA) is 110 Å². The molecule has 9 heteroatoms. The Balaban J connectivity index is 1.55. The van der Waals surface area contributed by atoms with Crippen LogP contribution in [0.3, 0.4) is 0 Å². The van der Waals surface area contributed by atoms with Gasteiger partial charge in [-0.05, 0) is 24.3 Å². The van der Waals surface area contributed by atoms with Crippen molar-refractivity contribution in [1.82, 2.24) is 4.98 Å². The molecule has 0 N–H and O–H groups in total. The molecule has 0 fully saturated rings. The minimum absolute atomic E-state index is 0.0214. The van der Waals surface area contributed by atoms with Gasteiger partial charge >= 0.3 is 5.97 Å². The highest BCUT2D eigenvalue weighted by atomic mass is 16.7. The van der Waals surface area contributed by atoms with Crippen LogP contribution in [0.15, 0.2) is 60.9 Å². The number of para-hydroxylation sites is 1. The van der Waals surface area contributed by atoms with Crippen LogP contribution in [-0.4, -0.2) is 22.7 Å². The Labute approximate surface area is 170 Å². The first-order valence-corrected chi connectivity index (χ1v) is 8.96. The van der Waals surface area contributed by atoms with Crippen molar-refractivity contribution in [3.05, 3.63) is 87.7 Å². The van der Waals surface area contributed by atoms with Crippen LogP contribution < -0.4 is 9.47 Å². The van der Waals surface area contributed by atoms with E-state index in [1.807, 2.05) is 0 Å². The number of aromatic nitrogens is 1. The van der Waals surface area contributed by atoms with Crippen LogP contribution in [0.2, 0.25) is 0 Å². The number of esters is 1. The molecule has 0 atom stereocenters. The van der Waals surface area contributed by atoms with E-state index in [4.69, 9.17) is 18.9 Å². The van der Waals surface area contributed by atoms with E-state index >= 15 is 0 Å². The molecule has 0 radical (unpaired) electrons. The lowest BCUT2D eigenvalue weighted by molar-refractivity contribution is -0.385. The van der Waals surface area contributed by atoms with Crippen molar-refractivity contribution in [3.8, 4) is 17.2 Å². The molecule has 1 aliphatic rings. The van der Waals surface area contributed by atoms with Gasteiger partial charge in [0.1, 0.15) is 29.4 Å². The number of hydrogen-bond donors (Lipinski definition) is 0. The summed E-state index contributed by atoms with van der Waals surface area (Å²) >= 11 is 0. The second kappa shape index (κ2) is 8.58. The molecular weight excluding hydrogens is 392 g/mol. The minimum Gasteiger partial charge on any atom is -0.467 e. The van der Waals surface area contributed by atoms with Crippen LogP contribution >= 0.6 is 0 Å². The van der Waals surface area contributed by atoms with E-state index in [9.17, 15) is 14.9 Å².